The lowest BCUT2D eigenvalue weighted by Crippen LogP contribution is -2.37. The van der Waals surface area contributed by atoms with Crippen LogP contribution in [0.2, 0.25) is 0 Å². The van der Waals surface area contributed by atoms with Crippen molar-refractivity contribution in [1.82, 2.24) is 4.98 Å². The number of pyridine rings is 1. The van der Waals surface area contributed by atoms with E-state index in [-0.39, 0.29) is 11.8 Å². The van der Waals surface area contributed by atoms with Crippen LogP contribution in [0, 0.1) is 11.8 Å². The molecule has 7 heteroatoms. The maximum Gasteiger partial charge on any atom is 0.337 e. The van der Waals surface area contributed by atoms with Gasteiger partial charge in [-0.25, -0.2) is 4.79 Å². The van der Waals surface area contributed by atoms with E-state index in [1.807, 2.05) is 12.2 Å². The van der Waals surface area contributed by atoms with E-state index in [1.54, 1.807) is 48.8 Å². The van der Waals surface area contributed by atoms with Gasteiger partial charge in [-0.3, -0.25) is 14.6 Å². The van der Waals surface area contributed by atoms with Crippen molar-refractivity contribution in [2.45, 2.75) is 12.8 Å². The maximum atomic E-state index is 12.8. The van der Waals surface area contributed by atoms with E-state index in [0.717, 1.165) is 0 Å². The summed E-state index contributed by atoms with van der Waals surface area (Å²) in [6.07, 6.45) is 8.01. The van der Waals surface area contributed by atoms with Crippen LogP contribution in [0.25, 0.3) is 0 Å². The molecule has 3 rings (SSSR count). The molecule has 0 aliphatic heterocycles. The number of anilines is 2. The van der Waals surface area contributed by atoms with Crippen molar-refractivity contribution < 1.29 is 19.1 Å². The van der Waals surface area contributed by atoms with E-state index < -0.39 is 17.8 Å². The number of methoxy groups -OCH3 is 1. The highest BCUT2D eigenvalue weighted by atomic mass is 16.5. The van der Waals surface area contributed by atoms with Gasteiger partial charge in [0.15, 0.2) is 0 Å². The Morgan fingerprint density at radius 3 is 1.86 bits per heavy atom. The molecule has 1 aromatic heterocycles. The number of nitrogens with one attached hydrogen (secondary N) is 2. The Hall–Kier alpha value is -3.48. The number of amides is 2. The first-order chi connectivity index (χ1) is 13.6. The Kier molecular flexibility index (Phi) is 6.16. The Balaban J connectivity index is 1.67. The van der Waals surface area contributed by atoms with Crippen molar-refractivity contribution in [2.24, 2.45) is 11.8 Å². The summed E-state index contributed by atoms with van der Waals surface area (Å²) in [6, 6.07) is 9.83. The molecule has 2 aromatic rings. The molecule has 2 unspecified atom stereocenters. The van der Waals surface area contributed by atoms with E-state index >= 15 is 0 Å². The number of carbonyl (C=O) groups is 3. The first-order valence-corrected chi connectivity index (χ1v) is 8.93. The average molecular weight is 379 g/mol. The van der Waals surface area contributed by atoms with Crippen LogP contribution in [0.5, 0.6) is 0 Å². The second-order valence-corrected chi connectivity index (χ2v) is 6.44. The molecule has 2 N–H and O–H groups in total. The fourth-order valence-corrected chi connectivity index (χ4v) is 3.11. The van der Waals surface area contributed by atoms with Crippen molar-refractivity contribution >= 4 is 29.2 Å². The average Bonchev–Trinajstić information content (AvgIpc) is 2.74. The molecular weight excluding hydrogens is 358 g/mol. The number of aromatic nitrogens is 1. The van der Waals surface area contributed by atoms with Gasteiger partial charge >= 0.3 is 5.97 Å². The zero-order valence-corrected chi connectivity index (χ0v) is 15.4. The second-order valence-electron chi connectivity index (χ2n) is 6.44. The summed E-state index contributed by atoms with van der Waals surface area (Å²) in [5.74, 6) is -1.82. The molecule has 1 heterocycles. The summed E-state index contributed by atoms with van der Waals surface area (Å²) in [6.45, 7) is 0. The molecule has 1 aromatic carbocycles. The fraction of sp³-hybridized carbons (Fsp3) is 0.238. The van der Waals surface area contributed by atoms with Crippen LogP contribution in [-0.2, 0) is 14.3 Å². The molecule has 7 nitrogen and oxygen atoms in total. The quantitative estimate of drug-likeness (QED) is 0.615. The smallest absolute Gasteiger partial charge is 0.337 e. The Morgan fingerprint density at radius 2 is 1.36 bits per heavy atom. The molecule has 1 aliphatic carbocycles. The summed E-state index contributed by atoms with van der Waals surface area (Å²) in [7, 11) is 1.31. The SMILES string of the molecule is COC(=O)c1ccc(NC(=O)C2CC=CCC2C(=O)Nc2ccncc2)cc1. The van der Waals surface area contributed by atoms with Gasteiger partial charge in [0.05, 0.1) is 24.5 Å². The Morgan fingerprint density at radius 1 is 0.857 bits per heavy atom. The lowest BCUT2D eigenvalue weighted by molar-refractivity contribution is -0.129. The molecule has 0 saturated heterocycles. The number of nitrogens with zero attached hydrogens (tertiary/aromatic N) is 1. The van der Waals surface area contributed by atoms with Crippen molar-refractivity contribution in [3.05, 3.63) is 66.5 Å². The molecule has 0 saturated carbocycles. The number of rotatable bonds is 5. The summed E-state index contributed by atoms with van der Waals surface area (Å²) in [4.78, 5) is 40.9. The normalized spacial score (nSPS) is 18.2. The number of ether oxygens (including phenoxy) is 1. The molecule has 2 atom stereocenters. The predicted octanol–water partition coefficient (Wildman–Crippen LogP) is 3.03. The number of carbonyl (C=O) groups excluding carboxylic acids is 3. The van der Waals surface area contributed by atoms with Gasteiger partial charge in [0, 0.05) is 23.8 Å². The summed E-state index contributed by atoms with van der Waals surface area (Å²) < 4.78 is 4.66. The van der Waals surface area contributed by atoms with Crippen LogP contribution in [0.4, 0.5) is 11.4 Å². The van der Waals surface area contributed by atoms with Gasteiger partial charge in [-0.15, -0.1) is 0 Å². The molecule has 2 amide bonds. The molecule has 0 bridgehead atoms. The zero-order chi connectivity index (χ0) is 19.9. The van der Waals surface area contributed by atoms with Crippen LogP contribution < -0.4 is 10.6 Å². The summed E-state index contributed by atoms with van der Waals surface area (Å²) >= 11 is 0. The summed E-state index contributed by atoms with van der Waals surface area (Å²) in [5, 5.41) is 5.67. The molecule has 0 fully saturated rings. The molecule has 1 aliphatic rings. The van der Waals surface area contributed by atoms with E-state index in [2.05, 4.69) is 20.4 Å². The molecule has 28 heavy (non-hydrogen) atoms. The van der Waals surface area contributed by atoms with Crippen LogP contribution in [0.1, 0.15) is 23.2 Å². The highest BCUT2D eigenvalue weighted by Crippen LogP contribution is 2.28. The van der Waals surface area contributed by atoms with Gasteiger partial charge < -0.3 is 15.4 Å². The standard InChI is InChI=1S/C21H21N3O4/c1-28-21(27)14-6-8-15(9-7-14)23-19(25)17-4-2-3-5-18(17)20(26)24-16-10-12-22-13-11-16/h2-3,6-13,17-18H,4-5H2,1H3,(H,23,25)(H,22,24,26). The van der Waals surface area contributed by atoms with Gasteiger partial charge in [0.25, 0.3) is 0 Å². The largest absolute Gasteiger partial charge is 0.465 e. The van der Waals surface area contributed by atoms with Gasteiger partial charge in [-0.05, 0) is 49.2 Å². The van der Waals surface area contributed by atoms with Crippen LogP contribution >= 0.6 is 0 Å². The van der Waals surface area contributed by atoms with Crippen molar-refractivity contribution in [3.8, 4) is 0 Å². The number of hydrogen-bond donors (Lipinski definition) is 2. The molecule has 0 spiro atoms. The van der Waals surface area contributed by atoms with Crippen molar-refractivity contribution in [2.75, 3.05) is 17.7 Å². The fourth-order valence-electron chi connectivity index (χ4n) is 3.11. The minimum atomic E-state index is -0.480. The molecular formula is C21H21N3O4. The highest BCUT2D eigenvalue weighted by molar-refractivity contribution is 6.00. The first kappa shape index (κ1) is 19.3. The minimum absolute atomic E-state index is 0.197. The number of benzene rings is 1. The number of esters is 1. The minimum Gasteiger partial charge on any atom is -0.465 e. The third-order valence-corrected chi connectivity index (χ3v) is 4.63. The third kappa shape index (κ3) is 4.62. The second kappa shape index (κ2) is 8.94. The molecule has 0 radical (unpaired) electrons. The Labute approximate surface area is 162 Å². The topological polar surface area (TPSA) is 97.4 Å². The van der Waals surface area contributed by atoms with E-state index in [0.29, 0.717) is 29.8 Å². The lowest BCUT2D eigenvalue weighted by Gasteiger charge is -2.26. The van der Waals surface area contributed by atoms with Gasteiger partial charge in [-0.2, -0.15) is 0 Å². The highest BCUT2D eigenvalue weighted by Gasteiger charge is 2.34. The van der Waals surface area contributed by atoms with Crippen molar-refractivity contribution in [1.29, 1.82) is 0 Å². The van der Waals surface area contributed by atoms with Crippen LogP contribution in [0.15, 0.2) is 60.9 Å². The zero-order valence-electron chi connectivity index (χ0n) is 15.4. The summed E-state index contributed by atoms with van der Waals surface area (Å²) in [5.41, 5.74) is 1.60. The maximum absolute atomic E-state index is 12.8. The van der Waals surface area contributed by atoms with Crippen molar-refractivity contribution in [3.63, 3.8) is 0 Å². The first-order valence-electron chi connectivity index (χ1n) is 8.93. The van der Waals surface area contributed by atoms with E-state index in [4.69, 9.17) is 0 Å². The van der Waals surface area contributed by atoms with E-state index in [9.17, 15) is 14.4 Å². The van der Waals surface area contributed by atoms with E-state index in [1.165, 1.54) is 7.11 Å². The number of hydrogen-bond acceptors (Lipinski definition) is 5. The van der Waals surface area contributed by atoms with Crippen LogP contribution in [0.3, 0.4) is 0 Å². The van der Waals surface area contributed by atoms with Crippen LogP contribution in [-0.4, -0.2) is 29.9 Å². The third-order valence-electron chi connectivity index (χ3n) is 4.63. The van der Waals surface area contributed by atoms with Gasteiger partial charge in [-0.1, -0.05) is 12.2 Å². The lowest BCUT2D eigenvalue weighted by atomic mass is 9.81. The Bertz CT molecular complexity index is 878. The van der Waals surface area contributed by atoms with Gasteiger partial charge in [0.2, 0.25) is 11.8 Å². The number of allylic oxidation sites excluding steroid dienone is 2. The molecule has 144 valence electrons. The van der Waals surface area contributed by atoms with Gasteiger partial charge in [0.1, 0.15) is 0 Å². The monoisotopic (exact) mass is 379 g/mol. The predicted molar refractivity (Wildman–Crippen MR) is 105 cm³/mol.